The Hall–Kier alpha value is -3.64. The Morgan fingerprint density at radius 2 is 1.61 bits per heavy atom. The predicted octanol–water partition coefficient (Wildman–Crippen LogP) is 4.62. The van der Waals surface area contributed by atoms with Crippen molar-refractivity contribution in [2.45, 2.75) is 20.5 Å². The van der Waals surface area contributed by atoms with Crippen molar-refractivity contribution in [2.75, 3.05) is 5.32 Å². The molecule has 0 radical (unpaired) electrons. The molecule has 0 heterocycles. The van der Waals surface area contributed by atoms with Crippen LogP contribution >= 0.6 is 11.6 Å². The number of carbonyl (C=O) groups is 2. The van der Waals surface area contributed by atoms with E-state index in [1.54, 1.807) is 24.3 Å². The van der Waals surface area contributed by atoms with Gasteiger partial charge in [0, 0.05) is 16.3 Å². The van der Waals surface area contributed by atoms with Crippen LogP contribution in [-0.2, 0) is 16.2 Å². The number of amides is 2. The number of nitrogens with zero attached hydrogens (tertiary/aromatic N) is 1. The van der Waals surface area contributed by atoms with Gasteiger partial charge in [-0.2, -0.15) is 5.10 Å². The van der Waals surface area contributed by atoms with E-state index in [1.165, 1.54) is 6.21 Å². The second-order valence-corrected chi connectivity index (χ2v) is 7.31. The number of para-hydroxylation sites is 2. The lowest BCUT2D eigenvalue weighted by Crippen LogP contribution is -2.32. The smallest absolute Gasteiger partial charge is 0.329 e. The van der Waals surface area contributed by atoms with Crippen molar-refractivity contribution >= 4 is 35.3 Å². The second kappa shape index (κ2) is 10.4. The van der Waals surface area contributed by atoms with E-state index in [9.17, 15) is 9.59 Å². The standard InChI is InChI=1S/C24H22ClN3O3/c1-16-6-5-7-17(2)22(16)27-23(29)24(30)28-26-14-19-8-3-4-9-21(19)31-15-18-10-12-20(25)13-11-18/h3-14H,15H2,1-2H3,(H,27,29)(H,28,30)/b26-14-. The molecule has 0 saturated heterocycles. The highest BCUT2D eigenvalue weighted by Crippen LogP contribution is 2.20. The van der Waals surface area contributed by atoms with Gasteiger partial charge < -0.3 is 10.1 Å². The van der Waals surface area contributed by atoms with Crippen molar-refractivity contribution in [1.82, 2.24) is 5.43 Å². The number of hydrogen-bond acceptors (Lipinski definition) is 4. The quantitative estimate of drug-likeness (QED) is 0.336. The van der Waals surface area contributed by atoms with Gasteiger partial charge in [0.25, 0.3) is 0 Å². The molecule has 0 saturated carbocycles. The minimum Gasteiger partial charge on any atom is -0.488 e. The fourth-order valence-corrected chi connectivity index (χ4v) is 2.98. The van der Waals surface area contributed by atoms with E-state index in [1.807, 2.05) is 56.3 Å². The van der Waals surface area contributed by atoms with Crippen LogP contribution in [0.25, 0.3) is 0 Å². The Morgan fingerprint density at radius 3 is 2.32 bits per heavy atom. The first-order valence-corrected chi connectivity index (χ1v) is 9.98. The Morgan fingerprint density at radius 1 is 0.935 bits per heavy atom. The molecule has 31 heavy (non-hydrogen) atoms. The van der Waals surface area contributed by atoms with Gasteiger partial charge in [0.2, 0.25) is 0 Å². The van der Waals surface area contributed by atoms with Gasteiger partial charge in [-0.25, -0.2) is 5.43 Å². The van der Waals surface area contributed by atoms with Crippen LogP contribution in [0, 0.1) is 13.8 Å². The van der Waals surface area contributed by atoms with E-state index in [0.29, 0.717) is 28.6 Å². The normalized spacial score (nSPS) is 10.7. The van der Waals surface area contributed by atoms with Gasteiger partial charge in [-0.05, 0) is 54.8 Å². The summed E-state index contributed by atoms with van der Waals surface area (Å²) in [7, 11) is 0. The molecule has 3 aromatic rings. The maximum atomic E-state index is 12.2. The number of aryl methyl sites for hydroxylation is 2. The lowest BCUT2D eigenvalue weighted by molar-refractivity contribution is -0.136. The Kier molecular flexibility index (Phi) is 7.40. The molecule has 7 heteroatoms. The number of nitrogens with one attached hydrogen (secondary N) is 2. The largest absolute Gasteiger partial charge is 0.488 e. The zero-order valence-corrected chi connectivity index (χ0v) is 17.9. The van der Waals surface area contributed by atoms with Crippen LogP contribution in [0.5, 0.6) is 5.75 Å². The third-order valence-corrected chi connectivity index (χ3v) is 4.77. The average Bonchev–Trinajstić information content (AvgIpc) is 2.76. The number of halogens is 1. The van der Waals surface area contributed by atoms with Gasteiger partial charge in [0.15, 0.2) is 0 Å². The van der Waals surface area contributed by atoms with E-state index in [4.69, 9.17) is 16.3 Å². The molecule has 0 aliphatic rings. The topological polar surface area (TPSA) is 79.8 Å². The second-order valence-electron chi connectivity index (χ2n) is 6.87. The predicted molar refractivity (Wildman–Crippen MR) is 123 cm³/mol. The summed E-state index contributed by atoms with van der Waals surface area (Å²) in [6.07, 6.45) is 1.43. The van der Waals surface area contributed by atoms with Gasteiger partial charge in [-0.3, -0.25) is 9.59 Å². The van der Waals surface area contributed by atoms with Crippen LogP contribution in [0.15, 0.2) is 71.8 Å². The summed E-state index contributed by atoms with van der Waals surface area (Å²) in [5.41, 5.74) is 6.23. The first-order valence-electron chi connectivity index (χ1n) is 9.61. The van der Waals surface area contributed by atoms with Crippen molar-refractivity contribution in [1.29, 1.82) is 0 Å². The van der Waals surface area contributed by atoms with Gasteiger partial charge in [0.05, 0.1) is 6.21 Å². The number of hydrazone groups is 1. The van der Waals surface area contributed by atoms with Crippen molar-refractivity contribution < 1.29 is 14.3 Å². The number of carbonyl (C=O) groups excluding carboxylic acids is 2. The molecule has 2 N–H and O–H groups in total. The fourth-order valence-electron chi connectivity index (χ4n) is 2.85. The molecule has 3 rings (SSSR count). The Balaban J connectivity index is 1.59. The molecule has 3 aromatic carbocycles. The summed E-state index contributed by atoms with van der Waals surface area (Å²) in [5, 5.41) is 7.18. The molecule has 0 unspecified atom stereocenters. The molecule has 6 nitrogen and oxygen atoms in total. The fraction of sp³-hybridized carbons (Fsp3) is 0.125. The molecule has 0 fully saturated rings. The summed E-state index contributed by atoms with van der Waals surface area (Å²) in [4.78, 5) is 24.3. The molecule has 0 aliphatic heterocycles. The third-order valence-electron chi connectivity index (χ3n) is 4.52. The molecule has 0 bridgehead atoms. The molecule has 158 valence electrons. The molecular weight excluding hydrogens is 414 g/mol. The number of rotatable bonds is 6. The first-order chi connectivity index (χ1) is 14.9. The summed E-state index contributed by atoms with van der Waals surface area (Å²) >= 11 is 5.90. The minimum absolute atomic E-state index is 0.354. The van der Waals surface area contributed by atoms with E-state index in [0.717, 1.165) is 16.7 Å². The molecule has 0 spiro atoms. The maximum absolute atomic E-state index is 12.2. The Labute approximate surface area is 185 Å². The number of ether oxygens (including phenoxy) is 1. The highest BCUT2D eigenvalue weighted by molar-refractivity contribution is 6.39. The Bertz CT molecular complexity index is 1090. The van der Waals surface area contributed by atoms with E-state index < -0.39 is 11.8 Å². The van der Waals surface area contributed by atoms with Crippen LogP contribution in [-0.4, -0.2) is 18.0 Å². The van der Waals surface area contributed by atoms with Crippen LogP contribution in [0.1, 0.15) is 22.3 Å². The zero-order valence-electron chi connectivity index (χ0n) is 17.2. The van der Waals surface area contributed by atoms with Crippen molar-refractivity contribution in [3.8, 4) is 5.75 Å². The zero-order chi connectivity index (χ0) is 22.2. The highest BCUT2D eigenvalue weighted by atomic mass is 35.5. The summed E-state index contributed by atoms with van der Waals surface area (Å²) in [5.74, 6) is -1.06. The van der Waals surface area contributed by atoms with Gasteiger partial charge in [-0.1, -0.05) is 54.1 Å². The average molecular weight is 436 g/mol. The lowest BCUT2D eigenvalue weighted by atomic mass is 10.1. The van der Waals surface area contributed by atoms with Gasteiger partial charge >= 0.3 is 11.8 Å². The summed E-state index contributed by atoms with van der Waals surface area (Å²) in [6.45, 7) is 4.08. The number of benzene rings is 3. The molecule has 0 aliphatic carbocycles. The summed E-state index contributed by atoms with van der Waals surface area (Å²) < 4.78 is 5.85. The number of anilines is 1. The van der Waals surface area contributed by atoms with E-state index in [2.05, 4.69) is 15.8 Å². The molecule has 0 aromatic heterocycles. The highest BCUT2D eigenvalue weighted by Gasteiger charge is 2.15. The maximum Gasteiger partial charge on any atom is 0.329 e. The van der Waals surface area contributed by atoms with Crippen molar-refractivity contribution in [3.05, 3.63) is 94.0 Å². The lowest BCUT2D eigenvalue weighted by Gasteiger charge is -2.10. The van der Waals surface area contributed by atoms with Crippen LogP contribution < -0.4 is 15.5 Å². The van der Waals surface area contributed by atoms with Gasteiger partial charge in [-0.15, -0.1) is 0 Å². The van der Waals surface area contributed by atoms with Crippen LogP contribution in [0.4, 0.5) is 5.69 Å². The van der Waals surface area contributed by atoms with Crippen molar-refractivity contribution in [2.24, 2.45) is 5.10 Å². The van der Waals surface area contributed by atoms with Crippen molar-refractivity contribution in [3.63, 3.8) is 0 Å². The van der Waals surface area contributed by atoms with E-state index >= 15 is 0 Å². The monoisotopic (exact) mass is 435 g/mol. The first kappa shape index (κ1) is 22.1. The molecular formula is C24H22ClN3O3. The minimum atomic E-state index is -0.863. The number of hydrogen-bond donors (Lipinski definition) is 2. The SMILES string of the molecule is Cc1cccc(C)c1NC(=O)C(=O)N/N=C\c1ccccc1OCc1ccc(Cl)cc1. The third kappa shape index (κ3) is 6.17. The van der Waals surface area contributed by atoms with Gasteiger partial charge in [0.1, 0.15) is 12.4 Å². The molecule has 2 amide bonds. The van der Waals surface area contributed by atoms with Crippen LogP contribution in [0.3, 0.4) is 0 Å². The summed E-state index contributed by atoms with van der Waals surface area (Å²) in [6, 6.07) is 20.2. The van der Waals surface area contributed by atoms with E-state index in [-0.39, 0.29) is 0 Å². The van der Waals surface area contributed by atoms with Crippen LogP contribution in [0.2, 0.25) is 5.02 Å². The molecule has 0 atom stereocenters.